The molecule has 1 heterocycles. The van der Waals surface area contributed by atoms with Crippen LogP contribution in [0.25, 0.3) is 10.9 Å². The maximum Gasteiger partial charge on any atom is 0.254 e. The molecular weight excluding hydrogens is 312 g/mol. The second-order valence-electron chi connectivity index (χ2n) is 5.41. The minimum Gasteiger partial charge on any atom is -0.744 e. The van der Waals surface area contributed by atoms with E-state index in [-0.39, 0.29) is 15.1 Å². The van der Waals surface area contributed by atoms with E-state index in [1.807, 2.05) is 19.9 Å². The van der Waals surface area contributed by atoms with E-state index in [4.69, 9.17) is 0 Å². The van der Waals surface area contributed by atoms with Gasteiger partial charge in [-0.2, -0.15) is 0 Å². The number of para-hydroxylation sites is 1. The van der Waals surface area contributed by atoms with Gasteiger partial charge in [-0.05, 0) is 43.7 Å². The van der Waals surface area contributed by atoms with Gasteiger partial charge in [0.2, 0.25) is 0 Å². The SMILES string of the molecule is Cc1ccc(S(=O)(=O)N([O-])c2cccc3cc(C)cnc23)cc1. The highest BCUT2D eigenvalue weighted by molar-refractivity contribution is 7.93. The van der Waals surface area contributed by atoms with Gasteiger partial charge in [-0.15, -0.1) is 0 Å². The quantitative estimate of drug-likeness (QED) is 0.690. The molecule has 3 rings (SSSR count). The Morgan fingerprint density at radius 2 is 1.70 bits per heavy atom. The summed E-state index contributed by atoms with van der Waals surface area (Å²) >= 11 is 0. The summed E-state index contributed by atoms with van der Waals surface area (Å²) in [5.74, 6) is 0. The second kappa shape index (κ2) is 5.64. The number of hydrogen-bond acceptors (Lipinski definition) is 4. The molecule has 0 saturated carbocycles. The van der Waals surface area contributed by atoms with Crippen LogP contribution in [0.5, 0.6) is 0 Å². The largest absolute Gasteiger partial charge is 0.744 e. The van der Waals surface area contributed by atoms with Crippen LogP contribution in [0, 0.1) is 19.1 Å². The molecule has 5 nitrogen and oxygen atoms in total. The zero-order valence-electron chi connectivity index (χ0n) is 12.7. The average Bonchev–Trinajstić information content (AvgIpc) is 2.53. The Kier molecular flexibility index (Phi) is 3.79. The summed E-state index contributed by atoms with van der Waals surface area (Å²) in [6.07, 6.45) is 1.61. The Morgan fingerprint density at radius 3 is 2.39 bits per heavy atom. The summed E-state index contributed by atoms with van der Waals surface area (Å²) in [4.78, 5) is 4.18. The van der Waals surface area contributed by atoms with Crippen molar-refractivity contribution < 1.29 is 8.42 Å². The Labute approximate surface area is 134 Å². The molecule has 0 fully saturated rings. The number of rotatable bonds is 3. The van der Waals surface area contributed by atoms with Gasteiger partial charge in [0.1, 0.15) is 0 Å². The highest BCUT2D eigenvalue weighted by Gasteiger charge is 2.19. The molecule has 3 aromatic rings. The van der Waals surface area contributed by atoms with Crippen molar-refractivity contribution in [3.63, 3.8) is 0 Å². The van der Waals surface area contributed by atoms with Crippen LogP contribution in [-0.2, 0) is 10.0 Å². The Bertz CT molecular complexity index is 967. The lowest BCUT2D eigenvalue weighted by molar-refractivity contribution is 0.596. The van der Waals surface area contributed by atoms with Gasteiger partial charge < -0.3 is 9.68 Å². The summed E-state index contributed by atoms with van der Waals surface area (Å²) in [5, 5.41) is 13.3. The molecule has 0 aliphatic heterocycles. The molecule has 6 heteroatoms. The van der Waals surface area contributed by atoms with E-state index in [2.05, 4.69) is 4.98 Å². The minimum absolute atomic E-state index is 0.0167. The van der Waals surface area contributed by atoms with Gasteiger partial charge in [0.15, 0.2) is 0 Å². The molecular formula is C17H15N2O3S-. The standard InChI is InChI=1S/C17H15N2O3S/c1-12-6-8-15(9-7-12)23(21,22)19(20)16-5-3-4-14-10-13(2)11-18-17(14)16/h3-11H,1-2H3/q-1. The third-order valence-corrected chi connectivity index (χ3v) is 5.06. The van der Waals surface area contributed by atoms with Crippen LogP contribution >= 0.6 is 0 Å². The fourth-order valence-electron chi connectivity index (χ4n) is 2.34. The highest BCUT2D eigenvalue weighted by atomic mass is 32.2. The topological polar surface area (TPSA) is 73.3 Å². The average molecular weight is 327 g/mol. The third-order valence-electron chi connectivity index (χ3n) is 3.56. The first kappa shape index (κ1) is 15.5. The van der Waals surface area contributed by atoms with Crippen LogP contribution in [0.1, 0.15) is 11.1 Å². The van der Waals surface area contributed by atoms with Gasteiger partial charge >= 0.3 is 0 Å². The lowest BCUT2D eigenvalue weighted by atomic mass is 10.1. The minimum atomic E-state index is -4.17. The van der Waals surface area contributed by atoms with E-state index in [1.54, 1.807) is 30.5 Å². The van der Waals surface area contributed by atoms with Gasteiger partial charge in [0.05, 0.1) is 16.1 Å². The molecule has 0 aliphatic carbocycles. The molecule has 0 N–H and O–H groups in total. The fourth-order valence-corrected chi connectivity index (χ4v) is 3.42. The van der Waals surface area contributed by atoms with E-state index < -0.39 is 10.0 Å². The monoisotopic (exact) mass is 327 g/mol. The van der Waals surface area contributed by atoms with E-state index in [0.717, 1.165) is 16.5 Å². The first-order chi connectivity index (χ1) is 10.9. The van der Waals surface area contributed by atoms with Crippen LogP contribution in [0.3, 0.4) is 0 Å². The molecule has 0 bridgehead atoms. The van der Waals surface area contributed by atoms with E-state index in [9.17, 15) is 13.6 Å². The maximum atomic E-state index is 12.5. The van der Waals surface area contributed by atoms with Gasteiger partial charge in [-0.25, -0.2) is 8.42 Å². The fraction of sp³-hybridized carbons (Fsp3) is 0.118. The Morgan fingerprint density at radius 1 is 1.00 bits per heavy atom. The van der Waals surface area contributed by atoms with Crippen molar-refractivity contribution in [3.05, 3.63) is 71.1 Å². The molecule has 118 valence electrons. The number of aryl methyl sites for hydroxylation is 2. The number of anilines is 1. The lowest BCUT2D eigenvalue weighted by Crippen LogP contribution is -2.25. The summed E-state index contributed by atoms with van der Waals surface area (Å²) < 4.78 is 25.1. The Hall–Kier alpha value is -2.44. The van der Waals surface area contributed by atoms with Crippen LogP contribution < -0.4 is 4.47 Å². The van der Waals surface area contributed by atoms with Crippen molar-refractivity contribution in [3.8, 4) is 0 Å². The van der Waals surface area contributed by atoms with Crippen molar-refractivity contribution in [2.75, 3.05) is 4.47 Å². The van der Waals surface area contributed by atoms with Crippen molar-refractivity contribution in [2.24, 2.45) is 0 Å². The van der Waals surface area contributed by atoms with E-state index in [0.29, 0.717) is 5.52 Å². The summed E-state index contributed by atoms with van der Waals surface area (Å²) in [5.41, 5.74) is 2.24. The summed E-state index contributed by atoms with van der Waals surface area (Å²) in [6.45, 7) is 3.74. The smallest absolute Gasteiger partial charge is 0.254 e. The first-order valence-electron chi connectivity index (χ1n) is 7.04. The number of fused-ring (bicyclic) bond motifs is 1. The van der Waals surface area contributed by atoms with Gasteiger partial charge in [-0.1, -0.05) is 29.8 Å². The summed E-state index contributed by atoms with van der Waals surface area (Å²) in [7, 11) is -4.17. The van der Waals surface area contributed by atoms with Crippen LogP contribution in [-0.4, -0.2) is 13.4 Å². The summed E-state index contributed by atoms with van der Waals surface area (Å²) in [6, 6.07) is 12.9. The molecule has 0 unspecified atom stereocenters. The molecule has 2 aromatic carbocycles. The van der Waals surface area contributed by atoms with Gasteiger partial charge in [0.25, 0.3) is 10.0 Å². The maximum absolute atomic E-state index is 12.5. The van der Waals surface area contributed by atoms with Gasteiger partial charge in [0, 0.05) is 11.6 Å². The lowest BCUT2D eigenvalue weighted by Gasteiger charge is -2.30. The normalized spacial score (nSPS) is 11.6. The molecule has 0 aliphatic rings. The predicted octanol–water partition coefficient (Wildman–Crippen LogP) is 3.54. The van der Waals surface area contributed by atoms with Gasteiger partial charge in [-0.3, -0.25) is 4.98 Å². The van der Waals surface area contributed by atoms with Crippen LogP contribution in [0.4, 0.5) is 5.69 Å². The number of benzene rings is 2. The van der Waals surface area contributed by atoms with Crippen molar-refractivity contribution in [2.45, 2.75) is 18.7 Å². The molecule has 0 radical (unpaired) electrons. The second-order valence-corrected chi connectivity index (χ2v) is 7.16. The third kappa shape index (κ3) is 2.78. The van der Waals surface area contributed by atoms with Crippen molar-refractivity contribution in [1.29, 1.82) is 0 Å². The van der Waals surface area contributed by atoms with Crippen molar-refractivity contribution >= 4 is 26.6 Å². The van der Waals surface area contributed by atoms with E-state index in [1.165, 1.54) is 18.2 Å². The predicted molar refractivity (Wildman–Crippen MR) is 90.7 cm³/mol. The molecule has 0 atom stereocenters. The number of nitrogens with zero attached hydrogens (tertiary/aromatic N) is 2. The number of sulfonamides is 1. The van der Waals surface area contributed by atoms with Crippen LogP contribution in [0.2, 0.25) is 0 Å². The zero-order chi connectivity index (χ0) is 16.6. The number of hydrogen-bond donors (Lipinski definition) is 0. The molecule has 1 aromatic heterocycles. The van der Waals surface area contributed by atoms with Crippen molar-refractivity contribution in [1.82, 2.24) is 4.98 Å². The highest BCUT2D eigenvalue weighted by Crippen LogP contribution is 2.29. The Balaban J connectivity index is 2.13. The van der Waals surface area contributed by atoms with E-state index >= 15 is 0 Å². The first-order valence-corrected chi connectivity index (χ1v) is 8.48. The number of aromatic nitrogens is 1. The molecule has 0 amide bonds. The molecule has 0 saturated heterocycles. The molecule has 23 heavy (non-hydrogen) atoms. The molecule has 0 spiro atoms. The van der Waals surface area contributed by atoms with Crippen LogP contribution in [0.15, 0.2) is 59.6 Å². The number of pyridine rings is 1. The zero-order valence-corrected chi connectivity index (χ0v) is 13.5.